The van der Waals surface area contributed by atoms with Gasteiger partial charge >= 0.3 is 0 Å². The molecule has 0 saturated heterocycles. The summed E-state index contributed by atoms with van der Waals surface area (Å²) in [5.74, 6) is 0.689. The van der Waals surface area contributed by atoms with E-state index in [0.717, 1.165) is 5.69 Å². The lowest BCUT2D eigenvalue weighted by Crippen LogP contribution is -2.19. The van der Waals surface area contributed by atoms with Gasteiger partial charge in [0, 0.05) is 17.3 Å². The third-order valence-electron chi connectivity index (χ3n) is 3.10. The van der Waals surface area contributed by atoms with Gasteiger partial charge in [0.1, 0.15) is 5.75 Å². The van der Waals surface area contributed by atoms with Crippen LogP contribution in [-0.4, -0.2) is 16.6 Å². The van der Waals surface area contributed by atoms with Gasteiger partial charge in [0.25, 0.3) is 5.69 Å². The van der Waals surface area contributed by atoms with Crippen molar-refractivity contribution in [2.75, 3.05) is 17.2 Å². The minimum atomic E-state index is -0.415. The van der Waals surface area contributed by atoms with E-state index < -0.39 is 4.92 Å². The molecule has 0 spiro atoms. The highest BCUT2D eigenvalue weighted by molar-refractivity contribution is 7.80. The van der Waals surface area contributed by atoms with Crippen LogP contribution in [-0.2, 0) is 0 Å². The Kier molecular flexibility index (Phi) is 5.48. The number of benzene rings is 2. The van der Waals surface area contributed by atoms with Crippen molar-refractivity contribution in [2.24, 2.45) is 0 Å². The monoisotopic (exact) mass is 331 g/mol. The molecule has 0 radical (unpaired) electrons. The van der Waals surface area contributed by atoms with E-state index in [1.54, 1.807) is 19.1 Å². The molecule has 0 fully saturated rings. The fourth-order valence-electron chi connectivity index (χ4n) is 2.02. The van der Waals surface area contributed by atoms with Crippen molar-refractivity contribution in [3.63, 3.8) is 0 Å². The number of nitrogens with zero attached hydrogens (tertiary/aromatic N) is 1. The highest BCUT2D eigenvalue weighted by Crippen LogP contribution is 2.25. The second kappa shape index (κ2) is 7.55. The minimum Gasteiger partial charge on any atom is -0.492 e. The van der Waals surface area contributed by atoms with Crippen molar-refractivity contribution in [3.8, 4) is 5.75 Å². The summed E-state index contributed by atoms with van der Waals surface area (Å²) in [5, 5.41) is 17.3. The van der Waals surface area contributed by atoms with E-state index in [-0.39, 0.29) is 5.69 Å². The third-order valence-corrected chi connectivity index (χ3v) is 3.30. The number of nitro benzene ring substituents is 1. The highest BCUT2D eigenvalue weighted by Gasteiger charge is 2.12. The average molecular weight is 331 g/mol. The van der Waals surface area contributed by atoms with Crippen LogP contribution in [0.3, 0.4) is 0 Å². The van der Waals surface area contributed by atoms with Gasteiger partial charge in [-0.15, -0.1) is 0 Å². The van der Waals surface area contributed by atoms with Crippen LogP contribution >= 0.6 is 12.2 Å². The molecule has 0 atom stereocenters. The highest BCUT2D eigenvalue weighted by atomic mass is 32.1. The predicted octanol–water partition coefficient (Wildman–Crippen LogP) is 4.11. The smallest absolute Gasteiger partial charge is 0.274 e. The number of ether oxygens (including phenoxy) is 1. The van der Waals surface area contributed by atoms with Crippen molar-refractivity contribution >= 4 is 34.4 Å². The summed E-state index contributed by atoms with van der Waals surface area (Å²) in [5.41, 5.74) is 1.93. The van der Waals surface area contributed by atoms with E-state index in [0.29, 0.717) is 28.7 Å². The van der Waals surface area contributed by atoms with Crippen molar-refractivity contribution in [1.82, 2.24) is 0 Å². The SMILES string of the molecule is CCOc1ccccc1NC(=S)Nc1ccc(C)c([N+](=O)[O-])c1. The molecule has 0 aliphatic heterocycles. The molecule has 120 valence electrons. The topological polar surface area (TPSA) is 76.4 Å². The molecule has 0 aromatic heterocycles. The molecule has 0 amide bonds. The summed E-state index contributed by atoms with van der Waals surface area (Å²) in [7, 11) is 0. The quantitative estimate of drug-likeness (QED) is 0.488. The molecule has 2 rings (SSSR count). The summed E-state index contributed by atoms with van der Waals surface area (Å²) in [6, 6.07) is 12.3. The molecule has 0 heterocycles. The predicted molar refractivity (Wildman–Crippen MR) is 95.3 cm³/mol. The van der Waals surface area contributed by atoms with Crippen molar-refractivity contribution < 1.29 is 9.66 Å². The molecule has 2 aromatic carbocycles. The van der Waals surface area contributed by atoms with E-state index in [4.69, 9.17) is 17.0 Å². The van der Waals surface area contributed by atoms with Gasteiger partial charge in [-0.25, -0.2) is 0 Å². The van der Waals surface area contributed by atoms with Crippen LogP contribution < -0.4 is 15.4 Å². The van der Waals surface area contributed by atoms with Crippen molar-refractivity contribution in [3.05, 3.63) is 58.1 Å². The first kappa shape index (κ1) is 16.7. The number of hydrogen-bond donors (Lipinski definition) is 2. The lowest BCUT2D eigenvalue weighted by atomic mass is 10.2. The standard InChI is InChI=1S/C16H17N3O3S/c1-3-22-15-7-5-4-6-13(15)18-16(23)17-12-9-8-11(2)14(10-12)19(20)21/h4-10H,3H2,1-2H3,(H2,17,18,23). The molecule has 0 unspecified atom stereocenters. The van der Waals surface area contributed by atoms with Crippen LogP contribution in [0.2, 0.25) is 0 Å². The Balaban J connectivity index is 2.11. The van der Waals surface area contributed by atoms with E-state index in [2.05, 4.69) is 10.6 Å². The Morgan fingerprint density at radius 1 is 1.26 bits per heavy atom. The van der Waals surface area contributed by atoms with Crippen molar-refractivity contribution in [1.29, 1.82) is 0 Å². The summed E-state index contributed by atoms with van der Waals surface area (Å²) >= 11 is 5.26. The van der Waals surface area contributed by atoms with Crippen LogP contribution in [0.5, 0.6) is 5.75 Å². The van der Waals surface area contributed by atoms with Gasteiger partial charge < -0.3 is 15.4 Å². The van der Waals surface area contributed by atoms with Gasteiger partial charge in [0.05, 0.1) is 17.2 Å². The van der Waals surface area contributed by atoms with E-state index in [1.165, 1.54) is 6.07 Å². The third kappa shape index (κ3) is 4.40. The normalized spacial score (nSPS) is 10.0. The molecular formula is C16H17N3O3S. The van der Waals surface area contributed by atoms with Gasteiger partial charge in [-0.05, 0) is 44.3 Å². The summed E-state index contributed by atoms with van der Waals surface area (Å²) in [6.45, 7) is 4.14. The fraction of sp³-hybridized carbons (Fsp3) is 0.188. The molecule has 0 aliphatic carbocycles. The molecule has 23 heavy (non-hydrogen) atoms. The van der Waals surface area contributed by atoms with E-state index >= 15 is 0 Å². The first-order valence-electron chi connectivity index (χ1n) is 7.06. The van der Waals surface area contributed by atoms with Crippen LogP contribution in [0.15, 0.2) is 42.5 Å². The maximum Gasteiger partial charge on any atom is 0.274 e. The van der Waals surface area contributed by atoms with Gasteiger partial charge in [0.15, 0.2) is 5.11 Å². The maximum absolute atomic E-state index is 11.0. The van der Waals surface area contributed by atoms with Crippen LogP contribution in [0.25, 0.3) is 0 Å². The zero-order chi connectivity index (χ0) is 16.8. The minimum absolute atomic E-state index is 0.0486. The second-order valence-corrected chi connectivity index (χ2v) is 5.17. The first-order valence-corrected chi connectivity index (χ1v) is 7.47. The Hall–Kier alpha value is -2.67. The summed E-state index contributed by atoms with van der Waals surface area (Å²) in [6.07, 6.45) is 0. The number of hydrogen-bond acceptors (Lipinski definition) is 4. The van der Waals surface area contributed by atoms with Crippen LogP contribution in [0, 0.1) is 17.0 Å². The number of rotatable bonds is 5. The number of thiocarbonyl (C=S) groups is 1. The fourth-order valence-corrected chi connectivity index (χ4v) is 2.25. The lowest BCUT2D eigenvalue weighted by Gasteiger charge is -2.14. The van der Waals surface area contributed by atoms with E-state index in [9.17, 15) is 10.1 Å². The van der Waals surface area contributed by atoms with Gasteiger partial charge in [0.2, 0.25) is 0 Å². The molecule has 0 saturated carbocycles. The number of para-hydroxylation sites is 2. The largest absolute Gasteiger partial charge is 0.492 e. The molecule has 6 nitrogen and oxygen atoms in total. The Morgan fingerprint density at radius 2 is 2.00 bits per heavy atom. The number of nitrogens with one attached hydrogen (secondary N) is 2. The van der Waals surface area contributed by atoms with E-state index in [1.807, 2.05) is 31.2 Å². The first-order chi connectivity index (χ1) is 11.0. The molecule has 2 N–H and O–H groups in total. The Bertz CT molecular complexity index is 734. The number of aryl methyl sites for hydroxylation is 1. The average Bonchev–Trinajstić information content (AvgIpc) is 2.51. The van der Waals surface area contributed by atoms with Crippen LogP contribution in [0.4, 0.5) is 17.1 Å². The van der Waals surface area contributed by atoms with Gasteiger partial charge in [-0.1, -0.05) is 18.2 Å². The number of nitro groups is 1. The van der Waals surface area contributed by atoms with Crippen LogP contribution in [0.1, 0.15) is 12.5 Å². The molecule has 0 aliphatic rings. The zero-order valence-electron chi connectivity index (χ0n) is 12.8. The number of anilines is 2. The summed E-state index contributed by atoms with van der Waals surface area (Å²) in [4.78, 5) is 10.6. The Morgan fingerprint density at radius 3 is 2.70 bits per heavy atom. The molecule has 2 aromatic rings. The molecular weight excluding hydrogens is 314 g/mol. The zero-order valence-corrected chi connectivity index (χ0v) is 13.6. The maximum atomic E-state index is 11.0. The molecule has 0 bridgehead atoms. The Labute approximate surface area is 139 Å². The summed E-state index contributed by atoms with van der Waals surface area (Å²) < 4.78 is 5.52. The van der Waals surface area contributed by atoms with Gasteiger partial charge in [-0.2, -0.15) is 0 Å². The second-order valence-electron chi connectivity index (χ2n) is 4.77. The lowest BCUT2D eigenvalue weighted by molar-refractivity contribution is -0.385. The van der Waals surface area contributed by atoms with Crippen molar-refractivity contribution in [2.45, 2.75) is 13.8 Å². The molecule has 7 heteroatoms. The van der Waals surface area contributed by atoms with Gasteiger partial charge in [-0.3, -0.25) is 10.1 Å².